The summed E-state index contributed by atoms with van der Waals surface area (Å²) in [6.45, 7) is 0. The molecule has 0 N–H and O–H groups in total. The van der Waals surface area contributed by atoms with Gasteiger partial charge in [-0.15, -0.1) is 0 Å². The predicted octanol–water partition coefficient (Wildman–Crippen LogP) is 4.25. The maximum absolute atomic E-state index is 6.44. The smallest absolute Gasteiger partial charge is 0.256 e. The van der Waals surface area contributed by atoms with E-state index in [4.69, 9.17) is 21.1 Å². The van der Waals surface area contributed by atoms with Crippen LogP contribution < -0.4 is 9.47 Å². The average Bonchev–Trinajstić information content (AvgIpc) is 3.11. The van der Waals surface area contributed by atoms with E-state index in [0.29, 0.717) is 23.0 Å². The van der Waals surface area contributed by atoms with E-state index in [-0.39, 0.29) is 5.15 Å². The first-order valence-electron chi connectivity index (χ1n) is 7.53. The van der Waals surface area contributed by atoms with Gasteiger partial charge in [-0.05, 0) is 29.8 Å². The fraction of sp³-hybridized carbons (Fsp3) is 0.0556. The molecular formula is C18H13ClN4O2. The number of nitrogens with zero attached hydrogens (tertiary/aromatic N) is 4. The number of aromatic nitrogens is 4. The zero-order valence-electron chi connectivity index (χ0n) is 13.3. The molecular weight excluding hydrogens is 340 g/mol. The Bertz CT molecular complexity index is 1020. The molecule has 124 valence electrons. The highest BCUT2D eigenvalue weighted by molar-refractivity contribution is 6.32. The molecule has 2 aromatic carbocycles. The highest BCUT2D eigenvalue weighted by Crippen LogP contribution is 2.38. The van der Waals surface area contributed by atoms with Crippen LogP contribution in [-0.4, -0.2) is 26.7 Å². The van der Waals surface area contributed by atoms with E-state index in [1.54, 1.807) is 7.11 Å². The monoisotopic (exact) mass is 352 g/mol. The molecule has 4 rings (SSSR count). The Morgan fingerprint density at radius 3 is 2.44 bits per heavy atom. The quantitative estimate of drug-likeness (QED) is 0.514. The van der Waals surface area contributed by atoms with Crippen molar-refractivity contribution in [1.29, 1.82) is 0 Å². The topological polar surface area (TPSA) is 61.5 Å². The van der Waals surface area contributed by atoms with Gasteiger partial charge in [0.2, 0.25) is 5.88 Å². The number of halogens is 1. The Hall–Kier alpha value is -3.12. The second-order valence-electron chi connectivity index (χ2n) is 5.20. The minimum absolute atomic E-state index is 0.289. The first kappa shape index (κ1) is 15.4. The van der Waals surface area contributed by atoms with Gasteiger partial charge in [-0.2, -0.15) is 19.6 Å². The van der Waals surface area contributed by atoms with Gasteiger partial charge in [-0.3, -0.25) is 0 Å². The van der Waals surface area contributed by atoms with Crippen molar-refractivity contribution >= 4 is 17.4 Å². The van der Waals surface area contributed by atoms with Gasteiger partial charge in [0, 0.05) is 0 Å². The third-order valence-electron chi connectivity index (χ3n) is 3.68. The van der Waals surface area contributed by atoms with Gasteiger partial charge >= 0.3 is 0 Å². The number of methoxy groups -OCH3 is 1. The molecule has 25 heavy (non-hydrogen) atoms. The van der Waals surface area contributed by atoms with Crippen molar-refractivity contribution < 1.29 is 9.47 Å². The number of rotatable bonds is 4. The number of ether oxygens (including phenoxy) is 2. The van der Waals surface area contributed by atoms with Crippen molar-refractivity contribution in [2.75, 3.05) is 7.11 Å². The lowest BCUT2D eigenvalue weighted by Crippen LogP contribution is -2.02. The highest BCUT2D eigenvalue weighted by Gasteiger charge is 2.19. The molecule has 4 aromatic rings. The van der Waals surface area contributed by atoms with E-state index in [1.807, 2.05) is 54.6 Å². The Kier molecular flexibility index (Phi) is 3.95. The maximum Gasteiger partial charge on any atom is 0.256 e. The zero-order valence-corrected chi connectivity index (χ0v) is 14.0. The summed E-state index contributed by atoms with van der Waals surface area (Å²) in [6, 6.07) is 16.9. The van der Waals surface area contributed by atoms with Gasteiger partial charge in [0.1, 0.15) is 23.0 Å². The molecule has 0 bridgehead atoms. The number of benzene rings is 2. The summed E-state index contributed by atoms with van der Waals surface area (Å²) in [4.78, 5) is 8.40. The van der Waals surface area contributed by atoms with E-state index < -0.39 is 0 Å². The van der Waals surface area contributed by atoms with E-state index in [9.17, 15) is 0 Å². The van der Waals surface area contributed by atoms with Crippen LogP contribution in [0, 0.1) is 0 Å². The summed E-state index contributed by atoms with van der Waals surface area (Å²) in [6.07, 6.45) is 1.41. The van der Waals surface area contributed by atoms with E-state index in [1.165, 1.54) is 10.8 Å². The first-order chi connectivity index (χ1) is 12.3. The molecule has 0 saturated carbocycles. The predicted molar refractivity (Wildman–Crippen MR) is 94.3 cm³/mol. The molecule has 6 nitrogen and oxygen atoms in total. The van der Waals surface area contributed by atoms with Crippen molar-refractivity contribution in [2.24, 2.45) is 0 Å². The lowest BCUT2D eigenvalue weighted by Gasteiger charge is -2.13. The molecule has 2 aromatic heterocycles. The van der Waals surface area contributed by atoms with Crippen LogP contribution in [0.5, 0.6) is 17.4 Å². The van der Waals surface area contributed by atoms with Gasteiger partial charge < -0.3 is 9.47 Å². The Labute approximate surface area is 148 Å². The third kappa shape index (κ3) is 2.88. The van der Waals surface area contributed by atoms with Gasteiger partial charge in [-0.25, -0.2) is 0 Å². The van der Waals surface area contributed by atoms with Crippen molar-refractivity contribution in [3.05, 3.63) is 66.1 Å². The van der Waals surface area contributed by atoms with Gasteiger partial charge in [0.05, 0.1) is 12.7 Å². The molecule has 0 aliphatic rings. The van der Waals surface area contributed by atoms with Crippen molar-refractivity contribution in [3.63, 3.8) is 0 Å². The van der Waals surface area contributed by atoms with Crippen LogP contribution in [0.2, 0.25) is 5.15 Å². The van der Waals surface area contributed by atoms with Crippen molar-refractivity contribution in [1.82, 2.24) is 19.6 Å². The largest absolute Gasteiger partial charge is 0.497 e. The average molecular weight is 353 g/mol. The molecule has 0 atom stereocenters. The molecule has 0 radical (unpaired) electrons. The van der Waals surface area contributed by atoms with Crippen molar-refractivity contribution in [3.8, 4) is 28.5 Å². The molecule has 0 fully saturated rings. The Morgan fingerprint density at radius 1 is 0.960 bits per heavy atom. The fourth-order valence-electron chi connectivity index (χ4n) is 2.49. The van der Waals surface area contributed by atoms with E-state index in [0.717, 1.165) is 11.3 Å². The third-order valence-corrected chi connectivity index (χ3v) is 3.95. The number of hydrogen-bond acceptors (Lipinski definition) is 5. The van der Waals surface area contributed by atoms with Gasteiger partial charge in [0.15, 0.2) is 0 Å². The molecule has 0 saturated heterocycles. The minimum atomic E-state index is 0.289. The Balaban J connectivity index is 1.92. The number of fused-ring (bicyclic) bond motifs is 1. The molecule has 0 unspecified atom stereocenters. The van der Waals surface area contributed by atoms with Gasteiger partial charge in [0.25, 0.3) is 5.78 Å². The normalized spacial score (nSPS) is 10.8. The lowest BCUT2D eigenvalue weighted by molar-refractivity contribution is 0.415. The standard InChI is InChI=1S/C18H13ClN4O2/c1-24-13-9-7-12(8-10-13)15-16(19)22-18-20-11-21-23(18)17(15)25-14-5-3-2-4-6-14/h2-11H,1H3. The fourth-order valence-corrected chi connectivity index (χ4v) is 2.75. The van der Waals surface area contributed by atoms with E-state index in [2.05, 4.69) is 15.1 Å². The zero-order chi connectivity index (χ0) is 17.2. The SMILES string of the molecule is COc1ccc(-c2c(Cl)nc3ncnn3c2Oc2ccccc2)cc1. The van der Waals surface area contributed by atoms with Crippen molar-refractivity contribution in [2.45, 2.75) is 0 Å². The van der Waals surface area contributed by atoms with Gasteiger partial charge in [-0.1, -0.05) is 41.9 Å². The summed E-state index contributed by atoms with van der Waals surface area (Å²) in [5.74, 6) is 2.23. The van der Waals surface area contributed by atoms with Crippen LogP contribution in [0.3, 0.4) is 0 Å². The van der Waals surface area contributed by atoms with Crippen LogP contribution in [0.1, 0.15) is 0 Å². The molecule has 2 heterocycles. The molecule has 0 amide bonds. The summed E-state index contributed by atoms with van der Waals surface area (Å²) in [7, 11) is 1.62. The first-order valence-corrected chi connectivity index (χ1v) is 7.90. The molecule has 0 spiro atoms. The number of hydrogen-bond donors (Lipinski definition) is 0. The maximum atomic E-state index is 6.44. The lowest BCUT2D eigenvalue weighted by atomic mass is 10.1. The second-order valence-corrected chi connectivity index (χ2v) is 5.56. The minimum Gasteiger partial charge on any atom is -0.497 e. The summed E-state index contributed by atoms with van der Waals surface area (Å²) in [5.41, 5.74) is 1.47. The molecule has 0 aliphatic carbocycles. The van der Waals surface area contributed by atoms with Crippen LogP contribution in [-0.2, 0) is 0 Å². The van der Waals surface area contributed by atoms with Crippen LogP contribution in [0.15, 0.2) is 60.9 Å². The van der Waals surface area contributed by atoms with Crippen LogP contribution >= 0.6 is 11.6 Å². The summed E-state index contributed by atoms with van der Waals surface area (Å²) in [5, 5.41) is 4.50. The Morgan fingerprint density at radius 2 is 1.72 bits per heavy atom. The highest BCUT2D eigenvalue weighted by atomic mass is 35.5. The summed E-state index contributed by atoms with van der Waals surface area (Å²) < 4.78 is 12.8. The van der Waals surface area contributed by atoms with Crippen LogP contribution in [0.25, 0.3) is 16.9 Å². The molecule has 7 heteroatoms. The second kappa shape index (κ2) is 6.41. The number of para-hydroxylation sites is 1. The van der Waals surface area contributed by atoms with E-state index >= 15 is 0 Å². The molecule has 0 aliphatic heterocycles. The summed E-state index contributed by atoms with van der Waals surface area (Å²) >= 11 is 6.44. The van der Waals surface area contributed by atoms with Crippen LogP contribution in [0.4, 0.5) is 0 Å².